The largest absolute Gasteiger partial charge is 0.493 e. The number of imidazole rings is 1. The van der Waals surface area contributed by atoms with Gasteiger partial charge in [0, 0.05) is 43.5 Å². The second-order valence-electron chi connectivity index (χ2n) is 8.47. The van der Waals surface area contributed by atoms with Crippen molar-refractivity contribution in [1.82, 2.24) is 24.0 Å². The normalized spacial score (nSPS) is 14.3. The molecule has 1 aliphatic rings. The molecule has 2 aromatic carbocycles. The Bertz CT molecular complexity index is 1320. The van der Waals surface area contributed by atoms with Crippen LogP contribution >= 0.6 is 11.5 Å². The lowest BCUT2D eigenvalue weighted by atomic mass is 9.95. The highest BCUT2D eigenvalue weighted by Crippen LogP contribution is 2.38. The van der Waals surface area contributed by atoms with Crippen molar-refractivity contribution in [1.29, 1.82) is 0 Å². The fraction of sp³-hybridized carbons (Fsp3) is 0.360. The summed E-state index contributed by atoms with van der Waals surface area (Å²) in [5.74, 6) is 3.18. The first-order valence-electron chi connectivity index (χ1n) is 11.4. The molecule has 35 heavy (non-hydrogen) atoms. The number of hydrogen-bond donors (Lipinski definition) is 0. The third-order valence-corrected chi connectivity index (χ3v) is 7.17. The molecule has 0 bridgehead atoms. The van der Waals surface area contributed by atoms with Gasteiger partial charge in [-0.2, -0.15) is 0 Å². The van der Waals surface area contributed by atoms with Crippen molar-refractivity contribution in [3.63, 3.8) is 0 Å². The number of amides is 1. The fourth-order valence-corrected chi connectivity index (χ4v) is 5.21. The van der Waals surface area contributed by atoms with Gasteiger partial charge in [0.15, 0.2) is 11.5 Å². The molecule has 1 amide bonds. The molecule has 9 nitrogen and oxygen atoms in total. The molecule has 0 radical (unpaired) electrons. The van der Waals surface area contributed by atoms with Crippen LogP contribution in [0, 0.1) is 0 Å². The van der Waals surface area contributed by atoms with Gasteiger partial charge in [-0.15, -0.1) is 5.10 Å². The molecule has 0 aliphatic carbocycles. The van der Waals surface area contributed by atoms with Crippen LogP contribution in [-0.2, 0) is 6.54 Å². The summed E-state index contributed by atoms with van der Waals surface area (Å²) in [7, 11) is 4.83. The van der Waals surface area contributed by atoms with E-state index in [2.05, 4.69) is 19.1 Å². The monoisotopic (exact) mass is 493 g/mol. The van der Waals surface area contributed by atoms with Gasteiger partial charge < -0.3 is 23.7 Å². The number of piperidine rings is 1. The van der Waals surface area contributed by atoms with E-state index >= 15 is 0 Å². The van der Waals surface area contributed by atoms with Crippen LogP contribution in [0.4, 0.5) is 0 Å². The van der Waals surface area contributed by atoms with E-state index in [0.717, 1.165) is 34.4 Å². The molecule has 4 aromatic rings. The highest BCUT2D eigenvalue weighted by atomic mass is 32.1. The Morgan fingerprint density at radius 1 is 1.06 bits per heavy atom. The molecule has 1 aliphatic heterocycles. The number of rotatable bonds is 7. The average Bonchev–Trinajstić information content (AvgIpc) is 3.56. The van der Waals surface area contributed by atoms with E-state index < -0.39 is 0 Å². The predicted octanol–water partition coefficient (Wildman–Crippen LogP) is 3.98. The lowest BCUT2D eigenvalue weighted by molar-refractivity contribution is 0.0710. The van der Waals surface area contributed by atoms with Crippen molar-refractivity contribution in [2.75, 3.05) is 34.4 Å². The summed E-state index contributed by atoms with van der Waals surface area (Å²) in [5.41, 5.74) is 2.45. The van der Waals surface area contributed by atoms with Crippen LogP contribution in [0.1, 0.15) is 40.5 Å². The molecule has 0 unspecified atom stereocenters. The Morgan fingerprint density at radius 2 is 1.80 bits per heavy atom. The number of fused-ring (bicyclic) bond motifs is 1. The third kappa shape index (κ3) is 4.53. The van der Waals surface area contributed by atoms with Crippen LogP contribution in [0.5, 0.6) is 17.2 Å². The number of carbonyl (C=O) groups excluding carboxylic acids is 1. The molecule has 1 saturated heterocycles. The Hall–Kier alpha value is -3.66. The van der Waals surface area contributed by atoms with E-state index in [-0.39, 0.29) is 11.8 Å². The number of nitrogens with zero attached hydrogens (tertiary/aromatic N) is 5. The number of ether oxygens (including phenoxy) is 3. The average molecular weight is 494 g/mol. The lowest BCUT2D eigenvalue weighted by Gasteiger charge is -2.32. The molecule has 182 valence electrons. The number of likely N-dealkylation sites (tertiary alicyclic amines) is 1. The second-order valence-corrected chi connectivity index (χ2v) is 9.25. The summed E-state index contributed by atoms with van der Waals surface area (Å²) in [5, 5.41) is 4.09. The van der Waals surface area contributed by atoms with Gasteiger partial charge in [0.05, 0.1) is 26.0 Å². The fourth-order valence-electron chi connectivity index (χ4n) is 4.68. The number of carbonyl (C=O) groups is 1. The SMILES string of the molecule is COc1cc(Cn2ccnc2C2CCN(C(=O)c3ccc4snnc4c3)CC2)cc(OC)c1OC. The molecule has 0 spiro atoms. The second kappa shape index (κ2) is 9.91. The zero-order valence-corrected chi connectivity index (χ0v) is 20.7. The number of benzene rings is 2. The molecule has 0 atom stereocenters. The Balaban J connectivity index is 1.28. The minimum Gasteiger partial charge on any atom is -0.493 e. The summed E-state index contributed by atoms with van der Waals surface area (Å²) in [4.78, 5) is 19.7. The summed E-state index contributed by atoms with van der Waals surface area (Å²) in [6, 6.07) is 9.53. The van der Waals surface area contributed by atoms with Gasteiger partial charge in [-0.1, -0.05) is 4.49 Å². The highest BCUT2D eigenvalue weighted by Gasteiger charge is 2.27. The Morgan fingerprint density at radius 3 is 2.49 bits per heavy atom. The van der Waals surface area contributed by atoms with E-state index in [0.29, 0.717) is 42.4 Å². The van der Waals surface area contributed by atoms with Gasteiger partial charge in [0.25, 0.3) is 5.91 Å². The van der Waals surface area contributed by atoms with Crippen LogP contribution in [0.15, 0.2) is 42.7 Å². The summed E-state index contributed by atoms with van der Waals surface area (Å²) < 4.78 is 23.5. The van der Waals surface area contributed by atoms with Gasteiger partial charge >= 0.3 is 0 Å². The zero-order chi connectivity index (χ0) is 24.4. The summed E-state index contributed by atoms with van der Waals surface area (Å²) in [6.45, 7) is 2.01. The van der Waals surface area contributed by atoms with Crippen molar-refractivity contribution in [2.45, 2.75) is 25.3 Å². The molecular weight excluding hydrogens is 466 g/mol. The maximum absolute atomic E-state index is 13.1. The minimum atomic E-state index is 0.0408. The van der Waals surface area contributed by atoms with Gasteiger partial charge in [-0.05, 0) is 60.3 Å². The van der Waals surface area contributed by atoms with Crippen molar-refractivity contribution in [3.05, 3.63) is 59.7 Å². The maximum Gasteiger partial charge on any atom is 0.253 e. The van der Waals surface area contributed by atoms with E-state index in [9.17, 15) is 4.79 Å². The van der Waals surface area contributed by atoms with Crippen LogP contribution < -0.4 is 14.2 Å². The molecule has 10 heteroatoms. The van der Waals surface area contributed by atoms with E-state index in [4.69, 9.17) is 14.2 Å². The van der Waals surface area contributed by atoms with Gasteiger partial charge in [-0.3, -0.25) is 4.79 Å². The first-order valence-corrected chi connectivity index (χ1v) is 12.2. The standard InChI is InChI=1S/C25H27N5O4S/c1-32-20-12-16(13-21(33-2)23(20)34-3)15-30-11-8-26-24(30)17-6-9-29(10-7-17)25(31)18-4-5-22-19(14-18)27-28-35-22/h4-5,8,11-14,17H,6-7,9-10,15H2,1-3H3. The zero-order valence-electron chi connectivity index (χ0n) is 19.9. The molecule has 3 heterocycles. The molecule has 0 N–H and O–H groups in total. The van der Waals surface area contributed by atoms with Crippen molar-refractivity contribution in [3.8, 4) is 17.2 Å². The molecule has 2 aromatic heterocycles. The van der Waals surface area contributed by atoms with Crippen molar-refractivity contribution < 1.29 is 19.0 Å². The first kappa shape index (κ1) is 23.1. The van der Waals surface area contributed by atoms with Crippen LogP contribution in [0.25, 0.3) is 10.2 Å². The van der Waals surface area contributed by atoms with Gasteiger partial charge in [0.2, 0.25) is 5.75 Å². The smallest absolute Gasteiger partial charge is 0.253 e. The van der Waals surface area contributed by atoms with Crippen molar-refractivity contribution >= 4 is 27.7 Å². The first-order chi connectivity index (χ1) is 17.1. The highest BCUT2D eigenvalue weighted by molar-refractivity contribution is 7.12. The third-order valence-electron chi connectivity index (χ3n) is 6.47. The van der Waals surface area contributed by atoms with Crippen LogP contribution in [-0.4, -0.2) is 64.4 Å². The van der Waals surface area contributed by atoms with E-state index in [1.807, 2.05) is 47.6 Å². The van der Waals surface area contributed by atoms with E-state index in [1.165, 1.54) is 11.5 Å². The summed E-state index contributed by atoms with van der Waals surface area (Å²) >= 11 is 1.33. The van der Waals surface area contributed by atoms with Crippen LogP contribution in [0.2, 0.25) is 0 Å². The number of methoxy groups -OCH3 is 3. The van der Waals surface area contributed by atoms with Crippen molar-refractivity contribution in [2.24, 2.45) is 0 Å². The van der Waals surface area contributed by atoms with E-state index in [1.54, 1.807) is 21.3 Å². The quantitative estimate of drug-likeness (QED) is 0.385. The van der Waals surface area contributed by atoms with Crippen LogP contribution in [0.3, 0.4) is 0 Å². The summed E-state index contributed by atoms with van der Waals surface area (Å²) in [6.07, 6.45) is 5.55. The number of aromatic nitrogens is 4. The minimum absolute atomic E-state index is 0.0408. The molecule has 0 saturated carbocycles. The topological polar surface area (TPSA) is 91.6 Å². The lowest BCUT2D eigenvalue weighted by Crippen LogP contribution is -2.38. The maximum atomic E-state index is 13.1. The Labute approximate surface area is 207 Å². The molecule has 1 fully saturated rings. The Kier molecular flexibility index (Phi) is 6.54. The molecular formula is C25H27N5O4S. The van der Waals surface area contributed by atoms with Gasteiger partial charge in [-0.25, -0.2) is 4.98 Å². The number of hydrogen-bond acceptors (Lipinski definition) is 8. The molecule has 5 rings (SSSR count). The predicted molar refractivity (Wildman–Crippen MR) is 133 cm³/mol. The van der Waals surface area contributed by atoms with Gasteiger partial charge in [0.1, 0.15) is 11.3 Å².